The molecule has 2 atom stereocenters. The van der Waals surface area contributed by atoms with E-state index in [1.807, 2.05) is 0 Å². The first kappa shape index (κ1) is 10.4. The van der Waals surface area contributed by atoms with Crippen LogP contribution in [0.2, 0.25) is 0 Å². The van der Waals surface area contributed by atoms with Crippen LogP contribution in [0.5, 0.6) is 0 Å². The maximum Gasteiger partial charge on any atom is 0.0916 e. The zero-order chi connectivity index (χ0) is 9.80. The van der Waals surface area contributed by atoms with Gasteiger partial charge in [0.05, 0.1) is 13.2 Å². The van der Waals surface area contributed by atoms with Crippen molar-refractivity contribution in [2.24, 2.45) is 0 Å². The summed E-state index contributed by atoms with van der Waals surface area (Å²) in [7, 11) is 1.69. The van der Waals surface area contributed by atoms with Gasteiger partial charge in [-0.05, 0) is 25.8 Å². The molecule has 2 aliphatic rings. The molecule has 82 valence electrons. The van der Waals surface area contributed by atoms with Crippen LogP contribution in [0.25, 0.3) is 0 Å². The predicted octanol–water partition coefficient (Wildman–Crippen LogP) is 0.391. The molecule has 0 bridgehead atoms. The Morgan fingerprint density at radius 3 is 3.07 bits per heavy atom. The molecule has 4 nitrogen and oxygen atoms in total. The number of nitrogens with zero attached hydrogens (tertiary/aromatic N) is 1. The van der Waals surface area contributed by atoms with E-state index in [1.165, 1.54) is 32.4 Å². The summed E-state index contributed by atoms with van der Waals surface area (Å²) < 4.78 is 4.92. The van der Waals surface area contributed by atoms with Crippen LogP contribution in [0, 0.1) is 0 Å². The number of hydrogen-bond acceptors (Lipinski definition) is 4. The average molecular weight is 200 g/mol. The van der Waals surface area contributed by atoms with Gasteiger partial charge in [-0.2, -0.15) is 5.48 Å². The van der Waals surface area contributed by atoms with Gasteiger partial charge in [-0.3, -0.25) is 9.74 Å². The smallest absolute Gasteiger partial charge is 0.0916 e. The van der Waals surface area contributed by atoms with E-state index in [1.54, 1.807) is 7.11 Å². The quantitative estimate of drug-likeness (QED) is 0.514. The molecule has 2 fully saturated rings. The highest BCUT2D eigenvalue weighted by atomic mass is 16.7. The fourth-order valence-corrected chi connectivity index (χ4v) is 2.51. The summed E-state index contributed by atoms with van der Waals surface area (Å²) in [6, 6.07) is 1.26. The van der Waals surface area contributed by atoms with Crippen LogP contribution in [0.15, 0.2) is 0 Å². The Labute approximate surface area is 85.5 Å². The molecule has 0 aromatic heterocycles. The number of hydroxylamine groups is 1. The van der Waals surface area contributed by atoms with E-state index in [4.69, 9.17) is 9.57 Å². The zero-order valence-corrected chi connectivity index (χ0v) is 8.87. The SMILES string of the molecule is COCCONC1CCN2CCCC12. The molecular weight excluding hydrogens is 180 g/mol. The summed E-state index contributed by atoms with van der Waals surface area (Å²) in [6.07, 6.45) is 3.89. The molecule has 0 amide bonds. The highest BCUT2D eigenvalue weighted by molar-refractivity contribution is 4.94. The summed E-state index contributed by atoms with van der Waals surface area (Å²) in [6.45, 7) is 3.81. The topological polar surface area (TPSA) is 33.7 Å². The number of hydrogen-bond donors (Lipinski definition) is 1. The lowest BCUT2D eigenvalue weighted by atomic mass is 10.1. The van der Waals surface area contributed by atoms with Gasteiger partial charge >= 0.3 is 0 Å². The molecule has 4 heteroatoms. The summed E-state index contributed by atoms with van der Waals surface area (Å²) in [5.74, 6) is 0. The van der Waals surface area contributed by atoms with E-state index in [2.05, 4.69) is 10.4 Å². The van der Waals surface area contributed by atoms with Gasteiger partial charge < -0.3 is 4.74 Å². The van der Waals surface area contributed by atoms with Crippen molar-refractivity contribution in [3.05, 3.63) is 0 Å². The van der Waals surface area contributed by atoms with Crippen molar-refractivity contribution in [2.75, 3.05) is 33.4 Å². The third-order valence-electron chi connectivity index (χ3n) is 3.23. The van der Waals surface area contributed by atoms with Crippen molar-refractivity contribution >= 4 is 0 Å². The van der Waals surface area contributed by atoms with E-state index < -0.39 is 0 Å². The third-order valence-corrected chi connectivity index (χ3v) is 3.23. The van der Waals surface area contributed by atoms with Crippen LogP contribution < -0.4 is 5.48 Å². The number of methoxy groups -OCH3 is 1. The Morgan fingerprint density at radius 2 is 2.21 bits per heavy atom. The van der Waals surface area contributed by atoms with Crippen molar-refractivity contribution in [2.45, 2.75) is 31.3 Å². The average Bonchev–Trinajstić information content (AvgIpc) is 2.75. The lowest BCUT2D eigenvalue weighted by molar-refractivity contribution is -0.0161. The number of ether oxygens (including phenoxy) is 1. The summed E-state index contributed by atoms with van der Waals surface area (Å²) in [4.78, 5) is 7.93. The van der Waals surface area contributed by atoms with E-state index in [0.717, 1.165) is 6.04 Å². The van der Waals surface area contributed by atoms with Crippen molar-refractivity contribution < 1.29 is 9.57 Å². The van der Waals surface area contributed by atoms with E-state index >= 15 is 0 Å². The highest BCUT2D eigenvalue weighted by Crippen LogP contribution is 2.27. The number of rotatable bonds is 5. The molecule has 1 N–H and O–H groups in total. The Kier molecular flexibility index (Phi) is 3.75. The van der Waals surface area contributed by atoms with Crippen molar-refractivity contribution in [3.63, 3.8) is 0 Å². The van der Waals surface area contributed by atoms with Crippen molar-refractivity contribution in [1.29, 1.82) is 0 Å². The minimum Gasteiger partial charge on any atom is -0.382 e. The van der Waals surface area contributed by atoms with Crippen LogP contribution in [-0.4, -0.2) is 50.4 Å². The first-order valence-corrected chi connectivity index (χ1v) is 5.52. The Morgan fingerprint density at radius 1 is 1.29 bits per heavy atom. The van der Waals surface area contributed by atoms with Crippen LogP contribution in [0.1, 0.15) is 19.3 Å². The molecule has 2 aliphatic heterocycles. The van der Waals surface area contributed by atoms with Gasteiger partial charge in [0.15, 0.2) is 0 Å². The lowest BCUT2D eigenvalue weighted by Gasteiger charge is -2.20. The second-order valence-corrected chi connectivity index (χ2v) is 4.10. The predicted molar refractivity (Wildman–Crippen MR) is 54.0 cm³/mol. The van der Waals surface area contributed by atoms with Crippen molar-refractivity contribution in [1.82, 2.24) is 10.4 Å². The van der Waals surface area contributed by atoms with Crippen LogP contribution in [-0.2, 0) is 9.57 Å². The minimum atomic E-state index is 0.536. The second-order valence-electron chi connectivity index (χ2n) is 4.10. The number of fused-ring (bicyclic) bond motifs is 1. The molecule has 0 aromatic carbocycles. The van der Waals surface area contributed by atoms with Gasteiger partial charge in [0.2, 0.25) is 0 Å². The summed E-state index contributed by atoms with van der Waals surface area (Å²) in [5.41, 5.74) is 3.17. The standard InChI is InChI=1S/C10H20N2O2/c1-13-7-8-14-11-9-4-6-12-5-2-3-10(9)12/h9-11H,2-8H2,1H3. The minimum absolute atomic E-state index is 0.536. The van der Waals surface area contributed by atoms with Crippen LogP contribution >= 0.6 is 0 Å². The number of nitrogens with one attached hydrogen (secondary N) is 1. The van der Waals surface area contributed by atoms with E-state index in [9.17, 15) is 0 Å². The Balaban J connectivity index is 1.66. The van der Waals surface area contributed by atoms with Gasteiger partial charge in [0, 0.05) is 25.7 Å². The fourth-order valence-electron chi connectivity index (χ4n) is 2.51. The van der Waals surface area contributed by atoms with Crippen molar-refractivity contribution in [3.8, 4) is 0 Å². The molecular formula is C10H20N2O2. The van der Waals surface area contributed by atoms with Gasteiger partial charge in [-0.15, -0.1) is 0 Å². The van der Waals surface area contributed by atoms with E-state index in [-0.39, 0.29) is 0 Å². The first-order chi connectivity index (χ1) is 6.92. The molecule has 0 spiro atoms. The first-order valence-electron chi connectivity index (χ1n) is 5.52. The maximum absolute atomic E-state index is 5.36. The Hall–Kier alpha value is -0.160. The summed E-state index contributed by atoms with van der Waals surface area (Å²) in [5, 5.41) is 0. The lowest BCUT2D eigenvalue weighted by Crippen LogP contribution is -2.39. The molecule has 2 heterocycles. The highest BCUT2D eigenvalue weighted by Gasteiger charge is 2.37. The van der Waals surface area contributed by atoms with E-state index in [0.29, 0.717) is 19.3 Å². The fraction of sp³-hybridized carbons (Fsp3) is 1.00. The Bertz CT molecular complexity index is 178. The largest absolute Gasteiger partial charge is 0.382 e. The maximum atomic E-state index is 5.36. The van der Waals surface area contributed by atoms with Crippen LogP contribution in [0.4, 0.5) is 0 Å². The zero-order valence-electron chi connectivity index (χ0n) is 8.87. The molecule has 14 heavy (non-hydrogen) atoms. The van der Waals surface area contributed by atoms with Crippen LogP contribution in [0.3, 0.4) is 0 Å². The van der Waals surface area contributed by atoms with Gasteiger partial charge in [-0.25, -0.2) is 0 Å². The van der Waals surface area contributed by atoms with Gasteiger partial charge in [-0.1, -0.05) is 0 Å². The molecule has 2 rings (SSSR count). The second kappa shape index (κ2) is 5.07. The normalized spacial score (nSPS) is 32.4. The summed E-state index contributed by atoms with van der Waals surface area (Å²) >= 11 is 0. The monoisotopic (exact) mass is 200 g/mol. The third kappa shape index (κ3) is 2.25. The molecule has 0 saturated carbocycles. The van der Waals surface area contributed by atoms with Gasteiger partial charge in [0.1, 0.15) is 0 Å². The molecule has 2 unspecified atom stereocenters. The molecule has 2 saturated heterocycles. The van der Waals surface area contributed by atoms with Gasteiger partial charge in [0.25, 0.3) is 0 Å². The molecule has 0 aromatic rings. The molecule has 0 aliphatic carbocycles. The molecule has 0 radical (unpaired) electrons.